The molecule has 0 aliphatic carbocycles. The number of nitrogens with zero attached hydrogens (tertiary/aromatic N) is 2. The van der Waals surface area contributed by atoms with E-state index >= 15 is 0 Å². The zero-order valence-corrected chi connectivity index (χ0v) is 16.9. The van der Waals surface area contributed by atoms with Gasteiger partial charge in [0.15, 0.2) is 0 Å². The number of hydrogen-bond acceptors (Lipinski definition) is 4. The first-order valence-electron chi connectivity index (χ1n) is 10.1. The highest BCUT2D eigenvalue weighted by Crippen LogP contribution is 2.24. The maximum Gasteiger partial charge on any atom is 0.274 e. The minimum Gasteiger partial charge on any atom is -0.491 e. The molecule has 5 heteroatoms. The number of aliphatic hydroxyl groups excluding tert-OH is 1. The molecule has 0 saturated heterocycles. The first-order chi connectivity index (χ1) is 14.7. The van der Waals surface area contributed by atoms with E-state index in [9.17, 15) is 9.90 Å². The van der Waals surface area contributed by atoms with Gasteiger partial charge in [0.05, 0.1) is 17.6 Å². The fraction of sp³-hybridized carbons (Fsp3) is 0.200. The largest absolute Gasteiger partial charge is 0.491 e. The summed E-state index contributed by atoms with van der Waals surface area (Å²) in [5, 5.41) is 16.5. The highest BCUT2D eigenvalue weighted by Gasteiger charge is 2.15. The van der Waals surface area contributed by atoms with Crippen LogP contribution in [-0.4, -0.2) is 27.6 Å². The van der Waals surface area contributed by atoms with Gasteiger partial charge in [-0.05, 0) is 30.2 Å². The second-order valence-electron chi connectivity index (χ2n) is 7.21. The Hall–Kier alpha value is -3.44. The zero-order chi connectivity index (χ0) is 20.9. The standard InChI is InChI=1S/C25H24N2O3/c1-2-18-12-14-21(15-13-18)30-17-20(28)16-27-25(29)23-11-7-6-10-22(23)24(26-27)19-8-4-3-5-9-19/h3-15,20,28H,2,16-17H2,1H3. The summed E-state index contributed by atoms with van der Waals surface area (Å²) in [6.45, 7) is 2.22. The van der Waals surface area contributed by atoms with E-state index in [1.54, 1.807) is 6.07 Å². The predicted octanol–water partition coefficient (Wildman–Crippen LogP) is 4.07. The van der Waals surface area contributed by atoms with Crippen LogP contribution in [0.3, 0.4) is 0 Å². The summed E-state index contributed by atoms with van der Waals surface area (Å²) in [5.74, 6) is 0.690. The number of fused-ring (bicyclic) bond motifs is 1. The van der Waals surface area contributed by atoms with Crippen LogP contribution >= 0.6 is 0 Å². The fourth-order valence-electron chi connectivity index (χ4n) is 3.43. The summed E-state index contributed by atoms with van der Waals surface area (Å²) in [4.78, 5) is 12.9. The van der Waals surface area contributed by atoms with E-state index in [1.807, 2.05) is 72.8 Å². The fourth-order valence-corrected chi connectivity index (χ4v) is 3.43. The predicted molar refractivity (Wildman–Crippen MR) is 119 cm³/mol. The number of rotatable bonds is 7. The third kappa shape index (κ3) is 4.26. The molecular weight excluding hydrogens is 376 g/mol. The molecule has 0 saturated carbocycles. The van der Waals surface area contributed by atoms with Crippen molar-refractivity contribution in [1.82, 2.24) is 9.78 Å². The van der Waals surface area contributed by atoms with Crippen molar-refractivity contribution in [2.24, 2.45) is 0 Å². The van der Waals surface area contributed by atoms with Crippen LogP contribution in [0.15, 0.2) is 83.7 Å². The van der Waals surface area contributed by atoms with Gasteiger partial charge in [0.1, 0.15) is 18.5 Å². The number of aryl methyl sites for hydroxylation is 1. The molecule has 1 aromatic heterocycles. The molecular formula is C25H24N2O3. The number of ether oxygens (including phenoxy) is 1. The zero-order valence-electron chi connectivity index (χ0n) is 16.9. The van der Waals surface area contributed by atoms with Gasteiger partial charge in [0.25, 0.3) is 5.56 Å². The third-order valence-electron chi connectivity index (χ3n) is 5.07. The van der Waals surface area contributed by atoms with Crippen LogP contribution in [0.4, 0.5) is 0 Å². The average molecular weight is 400 g/mol. The number of hydrogen-bond donors (Lipinski definition) is 1. The summed E-state index contributed by atoms with van der Waals surface area (Å²) in [6, 6.07) is 24.9. The quantitative estimate of drug-likeness (QED) is 0.508. The molecule has 0 fully saturated rings. The molecule has 1 atom stereocenters. The van der Waals surface area contributed by atoms with Crippen molar-refractivity contribution < 1.29 is 9.84 Å². The first-order valence-corrected chi connectivity index (χ1v) is 10.1. The second kappa shape index (κ2) is 8.93. The van der Waals surface area contributed by atoms with Gasteiger partial charge in [-0.3, -0.25) is 4.79 Å². The van der Waals surface area contributed by atoms with Crippen molar-refractivity contribution in [3.05, 3.63) is 94.8 Å². The molecule has 0 spiro atoms. The van der Waals surface area contributed by atoms with E-state index in [0.717, 1.165) is 17.4 Å². The molecule has 0 amide bonds. The first kappa shape index (κ1) is 19.9. The molecule has 1 unspecified atom stereocenters. The molecule has 0 aliphatic heterocycles. The summed E-state index contributed by atoms with van der Waals surface area (Å²) < 4.78 is 7.02. The monoisotopic (exact) mass is 400 g/mol. The Kier molecular flexibility index (Phi) is 5.91. The maximum absolute atomic E-state index is 12.9. The summed E-state index contributed by atoms with van der Waals surface area (Å²) in [6.07, 6.45) is 0.0919. The van der Waals surface area contributed by atoms with E-state index in [2.05, 4.69) is 12.0 Å². The summed E-state index contributed by atoms with van der Waals surface area (Å²) >= 11 is 0. The van der Waals surface area contributed by atoms with Gasteiger partial charge in [-0.15, -0.1) is 0 Å². The minimum atomic E-state index is -0.870. The smallest absolute Gasteiger partial charge is 0.274 e. The van der Waals surface area contributed by atoms with Crippen LogP contribution in [-0.2, 0) is 13.0 Å². The van der Waals surface area contributed by atoms with Crippen LogP contribution in [0.5, 0.6) is 5.75 Å². The number of aromatic nitrogens is 2. The molecule has 0 bridgehead atoms. The van der Waals surface area contributed by atoms with E-state index in [1.165, 1.54) is 10.2 Å². The second-order valence-corrected chi connectivity index (χ2v) is 7.21. The van der Waals surface area contributed by atoms with Gasteiger partial charge >= 0.3 is 0 Å². The minimum absolute atomic E-state index is 0.0521. The van der Waals surface area contributed by atoms with Crippen LogP contribution in [0.1, 0.15) is 12.5 Å². The van der Waals surface area contributed by atoms with E-state index in [-0.39, 0.29) is 18.7 Å². The Labute approximate surface area is 175 Å². The van der Waals surface area contributed by atoms with Crippen molar-refractivity contribution in [3.8, 4) is 17.0 Å². The average Bonchev–Trinajstić information content (AvgIpc) is 2.80. The molecule has 152 valence electrons. The molecule has 1 N–H and O–H groups in total. The third-order valence-corrected chi connectivity index (χ3v) is 5.07. The SMILES string of the molecule is CCc1ccc(OCC(O)Cn2nc(-c3ccccc3)c3ccccc3c2=O)cc1. The van der Waals surface area contributed by atoms with Gasteiger partial charge in [-0.25, -0.2) is 4.68 Å². The lowest BCUT2D eigenvalue weighted by atomic mass is 10.1. The van der Waals surface area contributed by atoms with Crippen LogP contribution in [0, 0.1) is 0 Å². The molecule has 1 heterocycles. The molecule has 30 heavy (non-hydrogen) atoms. The van der Waals surface area contributed by atoms with Crippen LogP contribution in [0.25, 0.3) is 22.0 Å². The van der Waals surface area contributed by atoms with Gasteiger partial charge in [0.2, 0.25) is 0 Å². The van der Waals surface area contributed by atoms with Crippen molar-refractivity contribution >= 4 is 10.8 Å². The van der Waals surface area contributed by atoms with Gasteiger partial charge in [0, 0.05) is 10.9 Å². The molecule has 0 radical (unpaired) electrons. The lowest BCUT2D eigenvalue weighted by Crippen LogP contribution is -2.32. The summed E-state index contributed by atoms with van der Waals surface area (Å²) in [7, 11) is 0. The summed E-state index contributed by atoms with van der Waals surface area (Å²) in [5.41, 5.74) is 2.64. The van der Waals surface area contributed by atoms with Gasteiger partial charge in [-0.2, -0.15) is 5.10 Å². The van der Waals surface area contributed by atoms with E-state index in [0.29, 0.717) is 16.8 Å². The van der Waals surface area contributed by atoms with E-state index in [4.69, 9.17) is 4.74 Å². The van der Waals surface area contributed by atoms with Gasteiger partial charge in [-0.1, -0.05) is 67.6 Å². The van der Waals surface area contributed by atoms with Crippen molar-refractivity contribution in [1.29, 1.82) is 0 Å². The van der Waals surface area contributed by atoms with Crippen LogP contribution < -0.4 is 10.3 Å². The lowest BCUT2D eigenvalue weighted by molar-refractivity contribution is 0.0882. The number of benzene rings is 3. The molecule has 4 aromatic rings. The Balaban J connectivity index is 1.59. The normalized spacial score (nSPS) is 12.1. The van der Waals surface area contributed by atoms with Crippen LogP contribution in [0.2, 0.25) is 0 Å². The topological polar surface area (TPSA) is 64.3 Å². The Morgan fingerprint density at radius 2 is 1.60 bits per heavy atom. The van der Waals surface area contributed by atoms with Crippen molar-refractivity contribution in [2.75, 3.05) is 6.61 Å². The number of aliphatic hydroxyl groups is 1. The van der Waals surface area contributed by atoms with Crippen molar-refractivity contribution in [3.63, 3.8) is 0 Å². The highest BCUT2D eigenvalue weighted by molar-refractivity contribution is 5.93. The molecule has 3 aromatic carbocycles. The Bertz CT molecular complexity index is 1180. The van der Waals surface area contributed by atoms with Gasteiger partial charge < -0.3 is 9.84 Å². The van der Waals surface area contributed by atoms with Crippen molar-refractivity contribution in [2.45, 2.75) is 26.0 Å². The molecule has 5 nitrogen and oxygen atoms in total. The van der Waals surface area contributed by atoms with E-state index < -0.39 is 6.10 Å². The Morgan fingerprint density at radius 3 is 2.30 bits per heavy atom. The Morgan fingerprint density at radius 1 is 0.933 bits per heavy atom. The molecule has 4 rings (SSSR count). The lowest BCUT2D eigenvalue weighted by Gasteiger charge is -2.15. The maximum atomic E-state index is 12.9. The highest BCUT2D eigenvalue weighted by atomic mass is 16.5. The molecule has 0 aliphatic rings.